The normalized spacial score (nSPS) is 50.7. The van der Waals surface area contributed by atoms with Gasteiger partial charge in [0.2, 0.25) is 5.79 Å². The van der Waals surface area contributed by atoms with E-state index in [0.29, 0.717) is 0 Å². The molecule has 0 saturated carbocycles. The molecule has 0 aromatic carbocycles. The molecule has 13 N–H and O–H groups in total. The number of hydrogen-bond donors (Lipinski definition) is 11. The van der Waals surface area contributed by atoms with Crippen LogP contribution in [0.25, 0.3) is 0 Å². The minimum Gasteiger partial charge on any atom is -0.412 e. The van der Waals surface area contributed by atoms with Gasteiger partial charge in [0.25, 0.3) is 0 Å². The molecule has 0 amide bonds. The summed E-state index contributed by atoms with van der Waals surface area (Å²) in [6.45, 7) is -3.49. The summed E-state index contributed by atoms with van der Waals surface area (Å²) in [5, 5.41) is 109. The standard InChI is InChI=1S/C18H32O16.H2O/c19-1-5-8(23)11(26)13(28)16(30-5)32-15-10(25)7(3-21)33-18(15,4-22)34-17-14(29)12(27)9(24)6(2-20)31-17;/h5-17,19-29H,1-4H2;1H2/t5?,6?,7-,8-,9-,10-,11+,12+,13?,14?,15-,16?,17?,18?;/m1./s1. The maximum absolute atomic E-state index is 10.6. The Labute approximate surface area is 198 Å². The van der Waals surface area contributed by atoms with Crippen LogP contribution in [0, 0.1) is 0 Å². The van der Waals surface area contributed by atoms with E-state index < -0.39 is 112 Å². The molecule has 3 rings (SSSR count). The van der Waals surface area contributed by atoms with Crippen LogP contribution >= 0.6 is 0 Å². The molecule has 3 aliphatic heterocycles. The summed E-state index contributed by atoms with van der Waals surface area (Å²) in [6.07, 6.45) is -22.3. The van der Waals surface area contributed by atoms with Gasteiger partial charge in [-0.2, -0.15) is 0 Å². The van der Waals surface area contributed by atoms with Gasteiger partial charge in [-0.05, 0) is 0 Å². The Hall–Kier alpha value is -0.680. The molecule has 0 aliphatic carbocycles. The van der Waals surface area contributed by atoms with Crippen molar-refractivity contribution in [3.63, 3.8) is 0 Å². The van der Waals surface area contributed by atoms with Crippen LogP contribution in [0.5, 0.6) is 0 Å². The summed E-state index contributed by atoms with van der Waals surface area (Å²) in [5.41, 5.74) is 0. The fourth-order valence-electron chi connectivity index (χ4n) is 4.12. The molecule has 0 bridgehead atoms. The van der Waals surface area contributed by atoms with Gasteiger partial charge in [0.05, 0.1) is 19.8 Å². The third-order valence-electron chi connectivity index (χ3n) is 6.17. The van der Waals surface area contributed by atoms with Gasteiger partial charge in [-0.25, -0.2) is 0 Å². The zero-order chi connectivity index (χ0) is 25.4. The Bertz CT molecular complexity index is 653. The van der Waals surface area contributed by atoms with Gasteiger partial charge in [-0.1, -0.05) is 0 Å². The van der Waals surface area contributed by atoms with Gasteiger partial charge >= 0.3 is 0 Å². The second-order valence-electron chi connectivity index (χ2n) is 8.37. The van der Waals surface area contributed by atoms with Crippen molar-refractivity contribution in [3.8, 4) is 0 Å². The molecule has 0 spiro atoms. The molecule has 0 aromatic rings. The van der Waals surface area contributed by atoms with E-state index in [9.17, 15) is 56.2 Å². The molecule has 14 atom stereocenters. The van der Waals surface area contributed by atoms with Crippen LogP contribution in [0.15, 0.2) is 0 Å². The first kappa shape index (κ1) is 30.5. The Balaban J connectivity index is 0.00000432. The summed E-state index contributed by atoms with van der Waals surface area (Å²) in [4.78, 5) is 0. The van der Waals surface area contributed by atoms with Crippen LogP contribution in [0.2, 0.25) is 0 Å². The first-order valence-corrected chi connectivity index (χ1v) is 10.6. The molecular weight excluding hydrogens is 488 g/mol. The van der Waals surface area contributed by atoms with Crippen molar-refractivity contribution in [1.29, 1.82) is 0 Å². The maximum Gasteiger partial charge on any atom is 0.224 e. The summed E-state index contributed by atoms with van der Waals surface area (Å²) in [6, 6.07) is 0. The molecule has 208 valence electrons. The smallest absolute Gasteiger partial charge is 0.224 e. The van der Waals surface area contributed by atoms with E-state index in [0.717, 1.165) is 0 Å². The summed E-state index contributed by atoms with van der Waals surface area (Å²) in [5.74, 6) is -2.43. The molecule has 17 nitrogen and oxygen atoms in total. The average molecular weight is 522 g/mol. The van der Waals surface area contributed by atoms with E-state index in [2.05, 4.69) is 0 Å². The molecule has 0 aromatic heterocycles. The van der Waals surface area contributed by atoms with Gasteiger partial charge in [0.15, 0.2) is 12.6 Å². The van der Waals surface area contributed by atoms with E-state index in [4.69, 9.17) is 23.7 Å². The highest BCUT2D eigenvalue weighted by molar-refractivity contribution is 5.01. The summed E-state index contributed by atoms with van der Waals surface area (Å²) in [7, 11) is 0. The largest absolute Gasteiger partial charge is 0.412 e. The average Bonchev–Trinajstić information content (AvgIpc) is 3.10. The van der Waals surface area contributed by atoms with E-state index in [1.54, 1.807) is 0 Å². The highest BCUT2D eigenvalue weighted by Gasteiger charge is 2.61. The molecule has 35 heavy (non-hydrogen) atoms. The first-order valence-electron chi connectivity index (χ1n) is 10.6. The zero-order valence-electron chi connectivity index (χ0n) is 18.3. The lowest BCUT2D eigenvalue weighted by atomic mass is 9.98. The van der Waals surface area contributed by atoms with Crippen molar-refractivity contribution in [3.05, 3.63) is 0 Å². The number of aliphatic hydroxyl groups excluding tert-OH is 11. The number of aliphatic hydroxyl groups is 11. The Morgan fingerprint density at radius 3 is 1.49 bits per heavy atom. The van der Waals surface area contributed by atoms with Crippen LogP contribution in [0.1, 0.15) is 0 Å². The van der Waals surface area contributed by atoms with Crippen molar-refractivity contribution in [2.24, 2.45) is 0 Å². The fraction of sp³-hybridized carbons (Fsp3) is 1.00. The van der Waals surface area contributed by atoms with Crippen molar-refractivity contribution in [2.75, 3.05) is 26.4 Å². The molecule has 3 saturated heterocycles. The Morgan fingerprint density at radius 2 is 1.03 bits per heavy atom. The summed E-state index contributed by atoms with van der Waals surface area (Å²) >= 11 is 0. The summed E-state index contributed by atoms with van der Waals surface area (Å²) < 4.78 is 27.0. The van der Waals surface area contributed by atoms with Crippen LogP contribution in [-0.2, 0) is 23.7 Å². The maximum atomic E-state index is 10.6. The zero-order valence-corrected chi connectivity index (χ0v) is 18.3. The monoisotopic (exact) mass is 522 g/mol. The third-order valence-corrected chi connectivity index (χ3v) is 6.17. The van der Waals surface area contributed by atoms with Gasteiger partial charge < -0.3 is 85.3 Å². The number of rotatable bonds is 8. The topological polar surface area (TPSA) is 300 Å². The molecule has 3 heterocycles. The lowest BCUT2D eigenvalue weighted by molar-refractivity contribution is -0.400. The van der Waals surface area contributed by atoms with Crippen molar-refractivity contribution >= 4 is 0 Å². The van der Waals surface area contributed by atoms with Gasteiger partial charge in [0, 0.05) is 0 Å². The second kappa shape index (κ2) is 12.2. The van der Waals surface area contributed by atoms with E-state index >= 15 is 0 Å². The fourth-order valence-corrected chi connectivity index (χ4v) is 4.12. The predicted octanol–water partition coefficient (Wildman–Crippen LogP) is -8.40. The minimum atomic E-state index is -2.43. The lowest BCUT2D eigenvalue weighted by Crippen LogP contribution is -2.64. The Morgan fingerprint density at radius 1 is 0.571 bits per heavy atom. The molecular formula is C18H34O17. The molecule has 3 aliphatic rings. The highest BCUT2D eigenvalue weighted by Crippen LogP contribution is 2.39. The quantitative estimate of drug-likeness (QED) is 0.141. The number of hydrogen-bond acceptors (Lipinski definition) is 16. The third kappa shape index (κ3) is 5.61. The van der Waals surface area contributed by atoms with Gasteiger partial charge in [0.1, 0.15) is 73.8 Å². The SMILES string of the molecule is O.OCC1OC(O[C@@H]2[C@H](O)[C@@H](CO)OC2(CO)OC2OC(CO)[C@@H](O)[C@H](O)C2O)C(O)[C@@H](O)[C@@H]1O. The molecule has 3 fully saturated rings. The van der Waals surface area contributed by atoms with Crippen molar-refractivity contribution < 1.29 is 85.3 Å². The predicted molar refractivity (Wildman–Crippen MR) is 105 cm³/mol. The van der Waals surface area contributed by atoms with E-state index in [1.165, 1.54) is 0 Å². The van der Waals surface area contributed by atoms with Crippen molar-refractivity contribution in [2.45, 2.75) is 85.5 Å². The molecule has 0 radical (unpaired) electrons. The van der Waals surface area contributed by atoms with Crippen LogP contribution in [0.4, 0.5) is 0 Å². The minimum absolute atomic E-state index is 0. The van der Waals surface area contributed by atoms with Crippen LogP contribution in [-0.4, -0.2) is 174 Å². The van der Waals surface area contributed by atoms with E-state index in [1.807, 2.05) is 0 Å². The molecule has 7 unspecified atom stereocenters. The highest BCUT2D eigenvalue weighted by atomic mass is 16.8. The van der Waals surface area contributed by atoms with Gasteiger partial charge in [-0.15, -0.1) is 0 Å². The lowest BCUT2D eigenvalue weighted by Gasteiger charge is -2.45. The second-order valence-corrected chi connectivity index (χ2v) is 8.37. The first-order chi connectivity index (χ1) is 16.0. The van der Waals surface area contributed by atoms with Crippen LogP contribution in [0.3, 0.4) is 0 Å². The molecule has 17 heteroatoms. The number of ether oxygens (including phenoxy) is 5. The van der Waals surface area contributed by atoms with Gasteiger partial charge in [-0.3, -0.25) is 0 Å². The van der Waals surface area contributed by atoms with E-state index in [-0.39, 0.29) is 5.48 Å². The Kier molecular flexibility index (Phi) is 10.7. The van der Waals surface area contributed by atoms with Crippen LogP contribution < -0.4 is 0 Å². The van der Waals surface area contributed by atoms with Crippen molar-refractivity contribution in [1.82, 2.24) is 0 Å².